The van der Waals surface area contributed by atoms with Crippen LogP contribution in [0.5, 0.6) is 5.75 Å². The molecule has 2 N–H and O–H groups in total. The lowest BCUT2D eigenvalue weighted by molar-refractivity contribution is 0.0600. The van der Waals surface area contributed by atoms with E-state index in [9.17, 15) is 4.79 Å². The first-order chi connectivity index (χ1) is 12.0. The number of methoxy groups -OCH3 is 2. The third kappa shape index (κ3) is 4.70. The van der Waals surface area contributed by atoms with Crippen molar-refractivity contribution in [3.8, 4) is 5.75 Å². The highest BCUT2D eigenvalue weighted by Gasteiger charge is 2.13. The van der Waals surface area contributed by atoms with Crippen LogP contribution >= 0.6 is 12.2 Å². The van der Waals surface area contributed by atoms with E-state index in [1.807, 2.05) is 44.2 Å². The smallest absolute Gasteiger partial charge is 0.338 e. The van der Waals surface area contributed by atoms with Crippen molar-refractivity contribution in [1.29, 1.82) is 0 Å². The molecule has 1 unspecified atom stereocenters. The minimum Gasteiger partial charge on any atom is -0.497 e. The van der Waals surface area contributed by atoms with E-state index in [-0.39, 0.29) is 12.0 Å². The molecule has 132 valence electrons. The van der Waals surface area contributed by atoms with Gasteiger partial charge in [-0.2, -0.15) is 0 Å². The fourth-order valence-corrected chi connectivity index (χ4v) is 2.72. The maximum absolute atomic E-state index is 11.8. The Morgan fingerprint density at radius 1 is 1.12 bits per heavy atom. The van der Waals surface area contributed by atoms with Crippen LogP contribution in [0.3, 0.4) is 0 Å². The van der Waals surface area contributed by atoms with Crippen LogP contribution in [0.1, 0.15) is 34.5 Å². The van der Waals surface area contributed by atoms with Crippen molar-refractivity contribution >= 4 is 29.0 Å². The molecule has 2 rings (SSSR count). The molecule has 0 aromatic heterocycles. The predicted octanol–water partition coefficient (Wildman–Crippen LogP) is 3.84. The van der Waals surface area contributed by atoms with Crippen LogP contribution in [-0.4, -0.2) is 25.3 Å². The monoisotopic (exact) mass is 358 g/mol. The van der Waals surface area contributed by atoms with Crippen LogP contribution in [0.4, 0.5) is 5.69 Å². The number of benzene rings is 2. The maximum atomic E-state index is 11.8. The van der Waals surface area contributed by atoms with Crippen molar-refractivity contribution in [3.63, 3.8) is 0 Å². The van der Waals surface area contributed by atoms with Gasteiger partial charge in [0.05, 0.1) is 25.8 Å². The van der Waals surface area contributed by atoms with Crippen molar-refractivity contribution in [2.45, 2.75) is 19.9 Å². The molecule has 0 saturated carbocycles. The van der Waals surface area contributed by atoms with Crippen LogP contribution < -0.4 is 15.4 Å². The highest BCUT2D eigenvalue weighted by Crippen LogP contribution is 2.21. The number of hydrogen-bond acceptors (Lipinski definition) is 4. The largest absolute Gasteiger partial charge is 0.497 e. The summed E-state index contributed by atoms with van der Waals surface area (Å²) in [5, 5.41) is 6.86. The molecule has 0 aliphatic carbocycles. The molecule has 1 atom stereocenters. The first-order valence-electron chi connectivity index (χ1n) is 7.85. The van der Waals surface area contributed by atoms with Crippen molar-refractivity contribution in [2.24, 2.45) is 0 Å². The minimum atomic E-state index is -0.369. The van der Waals surface area contributed by atoms with Gasteiger partial charge in [-0.05, 0) is 61.5 Å². The van der Waals surface area contributed by atoms with Gasteiger partial charge in [0.15, 0.2) is 5.11 Å². The second-order valence-corrected chi connectivity index (χ2v) is 5.97. The van der Waals surface area contributed by atoms with E-state index in [0.717, 1.165) is 22.6 Å². The summed E-state index contributed by atoms with van der Waals surface area (Å²) in [4.78, 5) is 11.8. The number of carbonyl (C=O) groups is 1. The molecule has 5 nitrogen and oxygen atoms in total. The lowest BCUT2D eigenvalue weighted by Gasteiger charge is -2.19. The zero-order valence-electron chi connectivity index (χ0n) is 14.8. The molecule has 0 heterocycles. The van der Waals surface area contributed by atoms with E-state index < -0.39 is 0 Å². The van der Waals surface area contributed by atoms with Crippen LogP contribution in [0, 0.1) is 6.92 Å². The fraction of sp³-hybridized carbons (Fsp3) is 0.263. The molecule has 2 aromatic rings. The van der Waals surface area contributed by atoms with Gasteiger partial charge in [-0.1, -0.05) is 18.2 Å². The molecule has 0 fully saturated rings. The quantitative estimate of drug-likeness (QED) is 0.626. The number of anilines is 1. The maximum Gasteiger partial charge on any atom is 0.338 e. The summed E-state index contributed by atoms with van der Waals surface area (Å²) in [5.41, 5.74) is 3.15. The number of hydrogen-bond donors (Lipinski definition) is 2. The van der Waals surface area contributed by atoms with Crippen molar-refractivity contribution in [2.75, 3.05) is 19.5 Å². The van der Waals surface area contributed by atoms with Gasteiger partial charge in [0, 0.05) is 5.69 Å². The van der Waals surface area contributed by atoms with E-state index >= 15 is 0 Å². The number of carbonyl (C=O) groups excluding carboxylic acids is 1. The van der Waals surface area contributed by atoms with Crippen molar-refractivity contribution < 1.29 is 14.3 Å². The van der Waals surface area contributed by atoms with Crippen LogP contribution in [0.25, 0.3) is 0 Å². The molecule has 6 heteroatoms. The van der Waals surface area contributed by atoms with Gasteiger partial charge >= 0.3 is 5.97 Å². The van der Waals surface area contributed by atoms with E-state index in [1.54, 1.807) is 19.2 Å². The Morgan fingerprint density at radius 2 is 1.80 bits per heavy atom. The minimum absolute atomic E-state index is 0.0231. The fourth-order valence-electron chi connectivity index (χ4n) is 2.43. The van der Waals surface area contributed by atoms with Gasteiger partial charge in [-0.25, -0.2) is 4.79 Å². The zero-order chi connectivity index (χ0) is 18.4. The van der Waals surface area contributed by atoms with Crippen LogP contribution in [-0.2, 0) is 4.74 Å². The average Bonchev–Trinajstić information content (AvgIpc) is 2.62. The average molecular weight is 358 g/mol. The van der Waals surface area contributed by atoms with E-state index in [0.29, 0.717) is 10.7 Å². The predicted molar refractivity (Wildman–Crippen MR) is 103 cm³/mol. The SMILES string of the molecule is COC(=O)c1cccc(NC(=S)NC(C)c2ccc(OC)cc2)c1C. The molecule has 25 heavy (non-hydrogen) atoms. The van der Waals surface area contributed by atoms with Crippen LogP contribution in [0.2, 0.25) is 0 Å². The molecule has 0 radical (unpaired) electrons. The molecule has 0 spiro atoms. The Kier molecular flexibility index (Phi) is 6.36. The number of ether oxygens (including phenoxy) is 2. The number of esters is 1. The van der Waals surface area contributed by atoms with Crippen LogP contribution in [0.15, 0.2) is 42.5 Å². The van der Waals surface area contributed by atoms with E-state index in [4.69, 9.17) is 21.7 Å². The normalized spacial score (nSPS) is 11.4. The lowest BCUT2D eigenvalue weighted by Crippen LogP contribution is -2.31. The Hall–Kier alpha value is -2.60. The Bertz CT molecular complexity index is 760. The summed E-state index contributed by atoms with van der Waals surface area (Å²) in [6.45, 7) is 3.87. The molecular formula is C19H22N2O3S. The Morgan fingerprint density at radius 3 is 2.40 bits per heavy atom. The standard InChI is InChI=1S/C19H22N2O3S/c1-12-16(18(22)24-4)6-5-7-17(12)21-19(25)20-13(2)14-8-10-15(23-3)11-9-14/h5-11,13H,1-4H3,(H2,20,21,25). The molecule has 0 aliphatic heterocycles. The molecule has 0 aliphatic rings. The lowest BCUT2D eigenvalue weighted by atomic mass is 10.1. The van der Waals surface area contributed by atoms with Crippen molar-refractivity contribution in [3.05, 3.63) is 59.2 Å². The number of thiocarbonyl (C=S) groups is 1. The Labute approximate surface area is 153 Å². The van der Waals surface area contributed by atoms with Gasteiger partial charge in [-0.15, -0.1) is 0 Å². The molecule has 2 aromatic carbocycles. The van der Waals surface area contributed by atoms with Gasteiger partial charge in [0.1, 0.15) is 5.75 Å². The Balaban J connectivity index is 2.05. The zero-order valence-corrected chi connectivity index (χ0v) is 15.6. The molecule has 0 saturated heterocycles. The summed E-state index contributed by atoms with van der Waals surface area (Å²) in [5.74, 6) is 0.443. The van der Waals surface area contributed by atoms with E-state index in [1.165, 1.54) is 7.11 Å². The second-order valence-electron chi connectivity index (χ2n) is 5.56. The molecule has 0 bridgehead atoms. The van der Waals surface area contributed by atoms with Gasteiger partial charge in [-0.3, -0.25) is 0 Å². The third-order valence-electron chi connectivity index (χ3n) is 3.95. The van der Waals surface area contributed by atoms with Crippen molar-refractivity contribution in [1.82, 2.24) is 5.32 Å². The summed E-state index contributed by atoms with van der Waals surface area (Å²) in [7, 11) is 3.01. The van der Waals surface area contributed by atoms with Gasteiger partial charge in [0.2, 0.25) is 0 Å². The van der Waals surface area contributed by atoms with E-state index in [2.05, 4.69) is 10.6 Å². The van der Waals surface area contributed by atoms with Gasteiger partial charge in [0.25, 0.3) is 0 Å². The first kappa shape index (κ1) is 18.7. The topological polar surface area (TPSA) is 59.6 Å². The summed E-state index contributed by atoms with van der Waals surface area (Å²) in [6, 6.07) is 13.2. The first-order valence-corrected chi connectivity index (χ1v) is 8.26. The summed E-state index contributed by atoms with van der Waals surface area (Å²) in [6.07, 6.45) is 0. The summed E-state index contributed by atoms with van der Waals surface area (Å²) >= 11 is 5.39. The number of nitrogens with one attached hydrogen (secondary N) is 2. The second kappa shape index (κ2) is 8.48. The van der Waals surface area contributed by atoms with Gasteiger partial charge < -0.3 is 20.1 Å². The summed E-state index contributed by atoms with van der Waals surface area (Å²) < 4.78 is 9.96. The number of rotatable bonds is 5. The highest BCUT2D eigenvalue weighted by atomic mass is 32.1. The molecular weight excluding hydrogens is 336 g/mol. The highest BCUT2D eigenvalue weighted by molar-refractivity contribution is 7.80. The molecule has 0 amide bonds. The third-order valence-corrected chi connectivity index (χ3v) is 4.17.